The zero-order valence-electron chi connectivity index (χ0n) is 12.2. The highest BCUT2D eigenvalue weighted by atomic mass is 35.5. The van der Waals surface area contributed by atoms with Gasteiger partial charge in [0.25, 0.3) is 0 Å². The van der Waals surface area contributed by atoms with Gasteiger partial charge in [-0.15, -0.1) is 12.4 Å². The summed E-state index contributed by atoms with van der Waals surface area (Å²) in [6.07, 6.45) is 0. The fourth-order valence-electron chi connectivity index (χ4n) is 1.69. The van der Waals surface area contributed by atoms with E-state index in [1.165, 1.54) is 25.3 Å². The molecule has 8 heteroatoms. The summed E-state index contributed by atoms with van der Waals surface area (Å²) in [6, 6.07) is 6.20. The van der Waals surface area contributed by atoms with Gasteiger partial charge in [-0.25, -0.2) is 13.1 Å². The molecule has 0 fully saturated rings. The van der Waals surface area contributed by atoms with Crippen molar-refractivity contribution in [2.45, 2.75) is 24.8 Å². The van der Waals surface area contributed by atoms with Gasteiger partial charge in [0.05, 0.1) is 18.7 Å². The van der Waals surface area contributed by atoms with Gasteiger partial charge in [0.15, 0.2) is 0 Å². The largest absolute Gasteiger partial charge is 0.495 e. The van der Waals surface area contributed by atoms with E-state index in [4.69, 9.17) is 10.00 Å². The van der Waals surface area contributed by atoms with Crippen molar-refractivity contribution in [3.63, 3.8) is 0 Å². The molecule has 21 heavy (non-hydrogen) atoms. The van der Waals surface area contributed by atoms with E-state index >= 15 is 0 Å². The molecule has 1 aromatic carbocycles. The fourth-order valence-corrected chi connectivity index (χ4v) is 2.97. The number of ether oxygens (including phenoxy) is 1. The number of rotatable bonds is 7. The summed E-state index contributed by atoms with van der Waals surface area (Å²) in [5, 5.41) is 11.9. The first kappa shape index (κ1) is 19.7. The van der Waals surface area contributed by atoms with Gasteiger partial charge in [-0.3, -0.25) is 0 Å². The van der Waals surface area contributed by atoms with Gasteiger partial charge < -0.3 is 10.1 Å². The molecular formula is C13H20ClN3O3S. The van der Waals surface area contributed by atoms with Crippen molar-refractivity contribution >= 4 is 22.4 Å². The molecular weight excluding hydrogens is 314 g/mol. The lowest BCUT2D eigenvalue weighted by atomic mass is 10.2. The summed E-state index contributed by atoms with van der Waals surface area (Å²) in [7, 11) is -2.29. The first-order chi connectivity index (χ1) is 9.44. The molecule has 0 spiro atoms. The number of likely N-dealkylation sites (N-methyl/N-ethyl adjacent to an activating group) is 1. The van der Waals surface area contributed by atoms with Crippen molar-refractivity contribution in [2.24, 2.45) is 0 Å². The molecule has 1 aromatic rings. The van der Waals surface area contributed by atoms with E-state index in [-0.39, 0.29) is 35.6 Å². The molecule has 0 radical (unpaired) electrons. The normalized spacial score (nSPS) is 12.1. The second-order valence-corrected chi connectivity index (χ2v) is 6.02. The maximum absolute atomic E-state index is 12.2. The van der Waals surface area contributed by atoms with Crippen molar-refractivity contribution in [1.29, 1.82) is 5.26 Å². The van der Waals surface area contributed by atoms with E-state index in [1.807, 2.05) is 19.9 Å². The number of hydrogen-bond acceptors (Lipinski definition) is 5. The van der Waals surface area contributed by atoms with E-state index in [2.05, 4.69) is 10.0 Å². The molecule has 1 atom stereocenters. The van der Waals surface area contributed by atoms with Gasteiger partial charge in [0, 0.05) is 12.6 Å². The van der Waals surface area contributed by atoms with Gasteiger partial charge in [0.2, 0.25) is 10.0 Å². The van der Waals surface area contributed by atoms with Gasteiger partial charge in [-0.05, 0) is 31.7 Å². The smallest absolute Gasteiger partial charge is 0.244 e. The van der Waals surface area contributed by atoms with Gasteiger partial charge in [-0.1, -0.05) is 6.92 Å². The zero-order valence-corrected chi connectivity index (χ0v) is 13.8. The Hall–Kier alpha value is -1.33. The lowest BCUT2D eigenvalue weighted by molar-refractivity contribution is 0.402. The lowest BCUT2D eigenvalue weighted by Gasteiger charge is -2.15. The minimum Gasteiger partial charge on any atom is -0.495 e. The van der Waals surface area contributed by atoms with Crippen molar-refractivity contribution in [2.75, 3.05) is 20.2 Å². The Labute approximate surface area is 132 Å². The van der Waals surface area contributed by atoms with Crippen LogP contribution in [0.4, 0.5) is 0 Å². The predicted octanol–water partition coefficient (Wildman–Crippen LogP) is 1.26. The maximum atomic E-state index is 12.2. The number of methoxy groups -OCH3 is 1. The number of nitrogens with zero attached hydrogens (tertiary/aromatic N) is 1. The van der Waals surface area contributed by atoms with Crippen LogP contribution in [0.2, 0.25) is 0 Å². The highest BCUT2D eigenvalue weighted by molar-refractivity contribution is 7.89. The minimum absolute atomic E-state index is 0. The number of halogens is 1. The van der Waals surface area contributed by atoms with Crippen molar-refractivity contribution in [3.05, 3.63) is 23.8 Å². The Morgan fingerprint density at radius 2 is 2.10 bits per heavy atom. The zero-order chi connectivity index (χ0) is 15.2. The van der Waals surface area contributed by atoms with Crippen LogP contribution in [0, 0.1) is 11.3 Å². The molecule has 0 amide bonds. The second kappa shape index (κ2) is 8.85. The molecule has 0 saturated heterocycles. The third-order valence-electron chi connectivity index (χ3n) is 2.71. The molecule has 118 valence electrons. The summed E-state index contributed by atoms with van der Waals surface area (Å²) in [5.41, 5.74) is 0.349. The summed E-state index contributed by atoms with van der Waals surface area (Å²) >= 11 is 0. The topological polar surface area (TPSA) is 91.2 Å². The monoisotopic (exact) mass is 333 g/mol. The Morgan fingerprint density at radius 1 is 1.43 bits per heavy atom. The van der Waals surface area contributed by atoms with Crippen molar-refractivity contribution in [3.8, 4) is 11.8 Å². The fraction of sp³-hybridized carbons (Fsp3) is 0.462. The van der Waals surface area contributed by atoms with Crippen LogP contribution in [-0.2, 0) is 10.0 Å². The number of hydrogen-bond donors (Lipinski definition) is 2. The van der Waals surface area contributed by atoms with Crippen LogP contribution in [0.5, 0.6) is 5.75 Å². The molecule has 0 heterocycles. The standard InChI is InChI=1S/C13H19N3O3S.ClH/c1-4-15-10(2)9-16-20(17,18)13-6-5-11(8-14)7-12(13)19-3;/h5-7,10,15-16H,4,9H2,1-3H3;1H/t10-;/m1./s1. The Balaban J connectivity index is 0.00000400. The van der Waals surface area contributed by atoms with Crippen LogP contribution in [0.1, 0.15) is 19.4 Å². The van der Waals surface area contributed by atoms with Crippen LogP contribution >= 0.6 is 12.4 Å². The van der Waals surface area contributed by atoms with Crippen molar-refractivity contribution in [1.82, 2.24) is 10.0 Å². The molecule has 0 aliphatic rings. The van der Waals surface area contributed by atoms with Gasteiger partial charge in [-0.2, -0.15) is 5.26 Å². The molecule has 0 aliphatic heterocycles. The van der Waals surface area contributed by atoms with Crippen LogP contribution in [0.15, 0.2) is 23.1 Å². The molecule has 0 unspecified atom stereocenters. The number of benzene rings is 1. The van der Waals surface area contributed by atoms with E-state index in [0.717, 1.165) is 6.54 Å². The van der Waals surface area contributed by atoms with Crippen LogP contribution in [0.25, 0.3) is 0 Å². The lowest BCUT2D eigenvalue weighted by Crippen LogP contribution is -2.38. The molecule has 6 nitrogen and oxygen atoms in total. The average molecular weight is 334 g/mol. The highest BCUT2D eigenvalue weighted by Crippen LogP contribution is 2.24. The quantitative estimate of drug-likeness (QED) is 0.784. The Bertz CT molecular complexity index is 599. The van der Waals surface area contributed by atoms with Crippen LogP contribution in [-0.4, -0.2) is 34.7 Å². The molecule has 0 saturated carbocycles. The number of nitrogens with one attached hydrogen (secondary N) is 2. The minimum atomic E-state index is -3.67. The van der Waals surface area contributed by atoms with Crippen molar-refractivity contribution < 1.29 is 13.2 Å². The summed E-state index contributed by atoms with van der Waals surface area (Å²) in [4.78, 5) is 0.0303. The predicted molar refractivity (Wildman–Crippen MR) is 83.3 cm³/mol. The SMILES string of the molecule is CCN[C@H](C)CNS(=O)(=O)c1ccc(C#N)cc1OC.Cl. The molecule has 0 aromatic heterocycles. The Kier molecular flexibility index (Phi) is 8.29. The average Bonchev–Trinajstić information content (AvgIpc) is 2.44. The molecule has 2 N–H and O–H groups in total. The summed E-state index contributed by atoms with van der Waals surface area (Å²) < 4.78 is 32.0. The molecule has 0 aliphatic carbocycles. The Morgan fingerprint density at radius 3 is 2.62 bits per heavy atom. The number of nitriles is 1. The molecule has 0 bridgehead atoms. The maximum Gasteiger partial charge on any atom is 0.244 e. The van der Waals surface area contributed by atoms with Crippen LogP contribution in [0.3, 0.4) is 0 Å². The highest BCUT2D eigenvalue weighted by Gasteiger charge is 2.20. The van der Waals surface area contributed by atoms with Crippen LogP contribution < -0.4 is 14.8 Å². The van der Waals surface area contributed by atoms with Gasteiger partial charge >= 0.3 is 0 Å². The van der Waals surface area contributed by atoms with E-state index in [0.29, 0.717) is 5.56 Å². The van der Waals surface area contributed by atoms with E-state index in [1.54, 1.807) is 0 Å². The van der Waals surface area contributed by atoms with E-state index in [9.17, 15) is 8.42 Å². The number of sulfonamides is 1. The first-order valence-corrected chi connectivity index (χ1v) is 7.74. The third-order valence-corrected chi connectivity index (χ3v) is 4.18. The third kappa shape index (κ3) is 5.52. The molecule has 1 rings (SSSR count). The second-order valence-electron chi connectivity index (χ2n) is 4.29. The van der Waals surface area contributed by atoms with E-state index < -0.39 is 10.0 Å². The van der Waals surface area contributed by atoms with Gasteiger partial charge in [0.1, 0.15) is 10.6 Å². The first-order valence-electron chi connectivity index (χ1n) is 6.25. The summed E-state index contributed by atoms with van der Waals surface area (Å²) in [6.45, 7) is 4.89. The summed E-state index contributed by atoms with van der Waals surface area (Å²) in [5.74, 6) is 0.160.